The van der Waals surface area contributed by atoms with Gasteiger partial charge in [-0.25, -0.2) is 0 Å². The molecular weight excluding hydrogens is 192 g/mol. The van der Waals surface area contributed by atoms with E-state index in [0.717, 1.165) is 0 Å². The molecule has 0 aliphatic carbocycles. The van der Waals surface area contributed by atoms with Crippen molar-refractivity contribution in [3.05, 3.63) is 12.7 Å². The zero-order valence-electron chi connectivity index (χ0n) is 9.75. The molecule has 0 fully saturated rings. The second kappa shape index (κ2) is 7.04. The summed E-state index contributed by atoms with van der Waals surface area (Å²) in [5.74, 6) is 0.175. The van der Waals surface area contributed by atoms with Gasteiger partial charge in [0.1, 0.15) is 0 Å². The van der Waals surface area contributed by atoms with Crippen molar-refractivity contribution in [2.75, 3.05) is 19.6 Å². The molecule has 15 heavy (non-hydrogen) atoms. The second-order valence-electron chi connectivity index (χ2n) is 3.89. The molecular formula is C11H20N2O2. The third-order valence-electron chi connectivity index (χ3n) is 1.84. The Kier molecular flexibility index (Phi) is 6.42. The van der Waals surface area contributed by atoms with E-state index in [-0.39, 0.29) is 18.4 Å². The summed E-state index contributed by atoms with van der Waals surface area (Å²) in [5, 5.41) is 2.76. The quantitative estimate of drug-likeness (QED) is 0.662. The first-order valence-electron chi connectivity index (χ1n) is 5.10. The van der Waals surface area contributed by atoms with Crippen LogP contribution in [0.25, 0.3) is 0 Å². The minimum absolute atomic E-state index is 0.105. The van der Waals surface area contributed by atoms with Gasteiger partial charge in [0.15, 0.2) is 0 Å². The molecule has 0 rings (SSSR count). The molecule has 0 aromatic rings. The van der Waals surface area contributed by atoms with Crippen LogP contribution in [0.3, 0.4) is 0 Å². The van der Waals surface area contributed by atoms with Gasteiger partial charge in [-0.1, -0.05) is 19.9 Å². The van der Waals surface area contributed by atoms with Gasteiger partial charge in [0.25, 0.3) is 0 Å². The number of carbonyl (C=O) groups excluding carboxylic acids is 2. The van der Waals surface area contributed by atoms with E-state index in [2.05, 4.69) is 11.9 Å². The Morgan fingerprint density at radius 2 is 2.07 bits per heavy atom. The standard InChI is InChI=1S/C11H20N2O2/c1-5-6-13(10(4)14)8-11(15)12-7-9(2)3/h5,9H,1,6-8H2,2-4H3,(H,12,15). The second-order valence-corrected chi connectivity index (χ2v) is 3.89. The lowest BCUT2D eigenvalue weighted by molar-refractivity contribution is -0.133. The van der Waals surface area contributed by atoms with Gasteiger partial charge in [0.2, 0.25) is 11.8 Å². The van der Waals surface area contributed by atoms with E-state index >= 15 is 0 Å². The summed E-state index contributed by atoms with van der Waals surface area (Å²) in [4.78, 5) is 24.0. The van der Waals surface area contributed by atoms with Gasteiger partial charge >= 0.3 is 0 Å². The van der Waals surface area contributed by atoms with Gasteiger partial charge < -0.3 is 10.2 Å². The summed E-state index contributed by atoms with van der Waals surface area (Å²) in [5.41, 5.74) is 0. The Morgan fingerprint density at radius 1 is 1.47 bits per heavy atom. The van der Waals surface area contributed by atoms with Crippen molar-refractivity contribution in [1.82, 2.24) is 10.2 Å². The summed E-state index contributed by atoms with van der Waals surface area (Å²) < 4.78 is 0. The van der Waals surface area contributed by atoms with E-state index in [9.17, 15) is 9.59 Å². The number of amides is 2. The minimum Gasteiger partial charge on any atom is -0.354 e. The van der Waals surface area contributed by atoms with Crippen molar-refractivity contribution < 1.29 is 9.59 Å². The van der Waals surface area contributed by atoms with Gasteiger partial charge in [-0.05, 0) is 5.92 Å². The fraction of sp³-hybridized carbons (Fsp3) is 0.636. The summed E-state index contributed by atoms with van der Waals surface area (Å²) in [7, 11) is 0. The fourth-order valence-electron chi connectivity index (χ4n) is 1.01. The Morgan fingerprint density at radius 3 is 2.47 bits per heavy atom. The molecule has 2 amide bonds. The highest BCUT2D eigenvalue weighted by Crippen LogP contribution is 1.91. The molecule has 86 valence electrons. The lowest BCUT2D eigenvalue weighted by atomic mass is 10.2. The van der Waals surface area contributed by atoms with Crippen LogP contribution >= 0.6 is 0 Å². The summed E-state index contributed by atoms with van der Waals surface area (Å²) in [6, 6.07) is 0. The molecule has 1 N–H and O–H groups in total. The largest absolute Gasteiger partial charge is 0.354 e. The van der Waals surface area contributed by atoms with E-state index in [4.69, 9.17) is 0 Å². The van der Waals surface area contributed by atoms with Crippen LogP contribution in [0, 0.1) is 5.92 Å². The van der Waals surface area contributed by atoms with Crippen molar-refractivity contribution in [1.29, 1.82) is 0 Å². The number of hydrogen-bond donors (Lipinski definition) is 1. The topological polar surface area (TPSA) is 49.4 Å². The molecule has 0 saturated carbocycles. The van der Waals surface area contributed by atoms with Gasteiger partial charge in [-0.3, -0.25) is 9.59 Å². The molecule has 0 aliphatic heterocycles. The average molecular weight is 212 g/mol. The van der Waals surface area contributed by atoms with Crippen LogP contribution < -0.4 is 5.32 Å². The van der Waals surface area contributed by atoms with Gasteiger partial charge in [0, 0.05) is 20.0 Å². The van der Waals surface area contributed by atoms with Crippen molar-refractivity contribution in [3.63, 3.8) is 0 Å². The van der Waals surface area contributed by atoms with E-state index in [0.29, 0.717) is 19.0 Å². The number of rotatable bonds is 6. The van der Waals surface area contributed by atoms with Crippen molar-refractivity contribution in [2.45, 2.75) is 20.8 Å². The molecule has 0 spiro atoms. The molecule has 0 saturated heterocycles. The Hall–Kier alpha value is -1.32. The Balaban J connectivity index is 3.99. The van der Waals surface area contributed by atoms with Crippen molar-refractivity contribution >= 4 is 11.8 Å². The zero-order chi connectivity index (χ0) is 11.8. The molecule has 0 heterocycles. The molecule has 0 unspecified atom stereocenters. The van der Waals surface area contributed by atoms with Gasteiger partial charge in [-0.15, -0.1) is 6.58 Å². The predicted octanol–water partition coefficient (Wildman–Crippen LogP) is 0.793. The SMILES string of the molecule is C=CCN(CC(=O)NCC(C)C)C(C)=O. The average Bonchev–Trinajstić information content (AvgIpc) is 2.14. The van der Waals surface area contributed by atoms with E-state index in [1.807, 2.05) is 13.8 Å². The molecule has 4 nitrogen and oxygen atoms in total. The third kappa shape index (κ3) is 6.71. The van der Waals surface area contributed by atoms with Crippen LogP contribution in [0.2, 0.25) is 0 Å². The number of hydrogen-bond acceptors (Lipinski definition) is 2. The lowest BCUT2D eigenvalue weighted by Crippen LogP contribution is -2.40. The Labute approximate surface area is 91.3 Å². The van der Waals surface area contributed by atoms with Crippen LogP contribution in [-0.4, -0.2) is 36.3 Å². The Bertz CT molecular complexity index is 237. The number of carbonyl (C=O) groups is 2. The maximum absolute atomic E-state index is 11.4. The third-order valence-corrected chi connectivity index (χ3v) is 1.84. The zero-order valence-corrected chi connectivity index (χ0v) is 9.75. The first-order chi connectivity index (χ1) is 6.97. The van der Waals surface area contributed by atoms with Crippen LogP contribution in [0.15, 0.2) is 12.7 Å². The first-order valence-corrected chi connectivity index (χ1v) is 5.10. The monoisotopic (exact) mass is 212 g/mol. The molecule has 0 bridgehead atoms. The highest BCUT2D eigenvalue weighted by molar-refractivity contribution is 5.83. The highest BCUT2D eigenvalue weighted by atomic mass is 16.2. The highest BCUT2D eigenvalue weighted by Gasteiger charge is 2.11. The molecule has 0 aromatic carbocycles. The molecule has 0 atom stereocenters. The van der Waals surface area contributed by atoms with Crippen LogP contribution in [0.4, 0.5) is 0 Å². The molecule has 4 heteroatoms. The summed E-state index contributed by atoms with van der Waals surface area (Å²) in [6.07, 6.45) is 1.61. The lowest BCUT2D eigenvalue weighted by Gasteiger charge is -2.18. The van der Waals surface area contributed by atoms with E-state index in [1.165, 1.54) is 11.8 Å². The molecule has 0 radical (unpaired) electrons. The van der Waals surface area contributed by atoms with Gasteiger partial charge in [-0.2, -0.15) is 0 Å². The first kappa shape index (κ1) is 13.7. The van der Waals surface area contributed by atoms with Crippen LogP contribution in [-0.2, 0) is 9.59 Å². The number of nitrogens with zero attached hydrogens (tertiary/aromatic N) is 1. The maximum Gasteiger partial charge on any atom is 0.239 e. The normalized spacial score (nSPS) is 9.87. The van der Waals surface area contributed by atoms with E-state index in [1.54, 1.807) is 6.08 Å². The van der Waals surface area contributed by atoms with Crippen LogP contribution in [0.5, 0.6) is 0 Å². The van der Waals surface area contributed by atoms with Crippen LogP contribution in [0.1, 0.15) is 20.8 Å². The van der Waals surface area contributed by atoms with Crippen molar-refractivity contribution in [3.8, 4) is 0 Å². The fourth-order valence-corrected chi connectivity index (χ4v) is 1.01. The van der Waals surface area contributed by atoms with Gasteiger partial charge in [0.05, 0.1) is 6.54 Å². The van der Waals surface area contributed by atoms with E-state index < -0.39 is 0 Å². The minimum atomic E-state index is -0.124. The molecule has 0 aromatic heterocycles. The molecule has 0 aliphatic rings. The maximum atomic E-state index is 11.4. The summed E-state index contributed by atoms with van der Waals surface area (Å²) in [6.45, 7) is 10.2. The van der Waals surface area contributed by atoms with Crippen molar-refractivity contribution in [2.24, 2.45) is 5.92 Å². The predicted molar refractivity (Wildman–Crippen MR) is 60.3 cm³/mol. The summed E-state index contributed by atoms with van der Waals surface area (Å²) >= 11 is 0. The smallest absolute Gasteiger partial charge is 0.239 e. The number of nitrogens with one attached hydrogen (secondary N) is 1.